The first kappa shape index (κ1) is 16.2. The van der Waals surface area contributed by atoms with Gasteiger partial charge in [0.25, 0.3) is 0 Å². The normalized spacial score (nSPS) is 12.2. The van der Waals surface area contributed by atoms with E-state index < -0.39 is 0 Å². The van der Waals surface area contributed by atoms with Gasteiger partial charge in [-0.1, -0.05) is 26.0 Å². The maximum Gasteiger partial charge on any atom is 0.224 e. The standard InChI is InChI=1S/C17H25N5/c1-12(2)9-14(18)11-20-17-19-8-7-16(22-17)21-15-6-4-5-13(3)10-15/h4-8,10,12,14H,9,11,18H2,1-3H3,(H2,19,20,21,22)/t14-/m0/s1. The molecule has 0 saturated carbocycles. The van der Waals surface area contributed by atoms with E-state index in [2.05, 4.69) is 53.5 Å². The maximum atomic E-state index is 6.07. The predicted octanol–water partition coefficient (Wildman–Crippen LogP) is 3.31. The zero-order chi connectivity index (χ0) is 15.9. The summed E-state index contributed by atoms with van der Waals surface area (Å²) in [5, 5.41) is 6.48. The molecule has 2 aromatic rings. The van der Waals surface area contributed by atoms with Crippen LogP contribution in [-0.2, 0) is 0 Å². The molecule has 0 aliphatic rings. The van der Waals surface area contributed by atoms with Crippen LogP contribution in [-0.4, -0.2) is 22.6 Å². The molecular weight excluding hydrogens is 274 g/mol. The third-order valence-electron chi connectivity index (χ3n) is 3.24. The SMILES string of the molecule is Cc1cccc(Nc2ccnc(NC[C@@H](N)CC(C)C)n2)c1. The third kappa shape index (κ3) is 5.33. The summed E-state index contributed by atoms with van der Waals surface area (Å²) < 4.78 is 0. The minimum atomic E-state index is 0.108. The fourth-order valence-corrected chi connectivity index (χ4v) is 2.30. The summed E-state index contributed by atoms with van der Waals surface area (Å²) in [5.74, 6) is 1.95. The van der Waals surface area contributed by atoms with Crippen LogP contribution < -0.4 is 16.4 Å². The Morgan fingerprint density at radius 3 is 2.77 bits per heavy atom. The van der Waals surface area contributed by atoms with Crippen molar-refractivity contribution in [2.24, 2.45) is 11.7 Å². The number of nitrogens with zero attached hydrogens (tertiary/aromatic N) is 2. The molecule has 0 unspecified atom stereocenters. The number of aromatic nitrogens is 2. The number of hydrogen-bond acceptors (Lipinski definition) is 5. The van der Waals surface area contributed by atoms with Gasteiger partial charge in [0, 0.05) is 24.5 Å². The highest BCUT2D eigenvalue weighted by Gasteiger charge is 2.06. The van der Waals surface area contributed by atoms with E-state index in [0.29, 0.717) is 18.4 Å². The molecule has 0 saturated heterocycles. The summed E-state index contributed by atoms with van der Waals surface area (Å²) in [6.07, 6.45) is 2.72. The molecule has 22 heavy (non-hydrogen) atoms. The van der Waals surface area contributed by atoms with Crippen molar-refractivity contribution >= 4 is 17.5 Å². The van der Waals surface area contributed by atoms with Gasteiger partial charge in [-0.05, 0) is 43.0 Å². The fraction of sp³-hybridized carbons (Fsp3) is 0.412. The second-order valence-corrected chi connectivity index (χ2v) is 6.03. The number of anilines is 3. The highest BCUT2D eigenvalue weighted by Crippen LogP contribution is 2.16. The molecule has 0 aliphatic heterocycles. The molecular formula is C17H25N5. The summed E-state index contributed by atoms with van der Waals surface area (Å²) >= 11 is 0. The Morgan fingerprint density at radius 2 is 2.05 bits per heavy atom. The summed E-state index contributed by atoms with van der Waals surface area (Å²) in [7, 11) is 0. The summed E-state index contributed by atoms with van der Waals surface area (Å²) in [4.78, 5) is 8.69. The van der Waals surface area contributed by atoms with Gasteiger partial charge < -0.3 is 16.4 Å². The lowest BCUT2D eigenvalue weighted by atomic mass is 10.0. The summed E-state index contributed by atoms with van der Waals surface area (Å²) in [6.45, 7) is 7.08. The lowest BCUT2D eigenvalue weighted by Crippen LogP contribution is -2.30. The minimum Gasteiger partial charge on any atom is -0.353 e. The average molecular weight is 299 g/mol. The molecule has 5 nitrogen and oxygen atoms in total. The van der Waals surface area contributed by atoms with Gasteiger partial charge in [0.1, 0.15) is 5.82 Å². The first-order valence-corrected chi connectivity index (χ1v) is 7.69. The van der Waals surface area contributed by atoms with Gasteiger partial charge in [0.05, 0.1) is 0 Å². The van der Waals surface area contributed by atoms with E-state index in [4.69, 9.17) is 5.73 Å². The van der Waals surface area contributed by atoms with Crippen molar-refractivity contribution in [3.8, 4) is 0 Å². The Balaban J connectivity index is 1.95. The molecule has 0 spiro atoms. The van der Waals surface area contributed by atoms with Gasteiger partial charge in [0.2, 0.25) is 5.95 Å². The lowest BCUT2D eigenvalue weighted by molar-refractivity contribution is 0.507. The first-order valence-electron chi connectivity index (χ1n) is 7.69. The molecule has 118 valence electrons. The molecule has 5 heteroatoms. The van der Waals surface area contributed by atoms with Crippen molar-refractivity contribution < 1.29 is 0 Å². The quantitative estimate of drug-likeness (QED) is 0.731. The van der Waals surface area contributed by atoms with Crippen LogP contribution in [0.3, 0.4) is 0 Å². The molecule has 1 atom stereocenters. The summed E-state index contributed by atoms with van der Waals surface area (Å²) in [6, 6.07) is 10.1. The van der Waals surface area contributed by atoms with Crippen LogP contribution >= 0.6 is 0 Å². The molecule has 1 heterocycles. The molecule has 2 rings (SSSR count). The molecule has 1 aromatic heterocycles. The van der Waals surface area contributed by atoms with Crippen molar-refractivity contribution in [2.45, 2.75) is 33.2 Å². The van der Waals surface area contributed by atoms with Crippen molar-refractivity contribution in [3.63, 3.8) is 0 Å². The Morgan fingerprint density at radius 1 is 1.23 bits per heavy atom. The van der Waals surface area contributed by atoms with Crippen molar-refractivity contribution in [3.05, 3.63) is 42.1 Å². The molecule has 0 radical (unpaired) electrons. The van der Waals surface area contributed by atoms with Crippen LogP contribution in [0.2, 0.25) is 0 Å². The number of hydrogen-bond donors (Lipinski definition) is 3. The molecule has 0 fully saturated rings. The van der Waals surface area contributed by atoms with E-state index in [1.165, 1.54) is 5.56 Å². The smallest absolute Gasteiger partial charge is 0.224 e. The fourth-order valence-electron chi connectivity index (χ4n) is 2.30. The van der Waals surface area contributed by atoms with Crippen LogP contribution in [0.4, 0.5) is 17.5 Å². The van der Waals surface area contributed by atoms with E-state index in [1.54, 1.807) is 6.20 Å². The number of nitrogens with two attached hydrogens (primary N) is 1. The van der Waals surface area contributed by atoms with E-state index in [0.717, 1.165) is 17.9 Å². The van der Waals surface area contributed by atoms with Crippen LogP contribution in [0.5, 0.6) is 0 Å². The molecule has 0 aliphatic carbocycles. The molecule has 4 N–H and O–H groups in total. The van der Waals surface area contributed by atoms with E-state index in [1.807, 2.05) is 18.2 Å². The lowest BCUT2D eigenvalue weighted by Gasteiger charge is -2.15. The average Bonchev–Trinajstić information content (AvgIpc) is 2.45. The van der Waals surface area contributed by atoms with Crippen LogP contribution in [0.15, 0.2) is 36.5 Å². The maximum absolute atomic E-state index is 6.07. The van der Waals surface area contributed by atoms with Gasteiger partial charge >= 0.3 is 0 Å². The number of aryl methyl sites for hydroxylation is 1. The van der Waals surface area contributed by atoms with Gasteiger partial charge in [-0.15, -0.1) is 0 Å². The van der Waals surface area contributed by atoms with Crippen molar-refractivity contribution in [1.82, 2.24) is 9.97 Å². The van der Waals surface area contributed by atoms with Crippen LogP contribution in [0.1, 0.15) is 25.8 Å². The monoisotopic (exact) mass is 299 g/mol. The summed E-state index contributed by atoms with van der Waals surface area (Å²) in [5.41, 5.74) is 8.29. The Hall–Kier alpha value is -2.14. The zero-order valence-corrected chi connectivity index (χ0v) is 13.5. The number of rotatable bonds is 7. The van der Waals surface area contributed by atoms with Crippen LogP contribution in [0, 0.1) is 12.8 Å². The van der Waals surface area contributed by atoms with Gasteiger partial charge in [-0.3, -0.25) is 0 Å². The molecule has 1 aromatic carbocycles. The van der Waals surface area contributed by atoms with E-state index >= 15 is 0 Å². The molecule has 0 bridgehead atoms. The van der Waals surface area contributed by atoms with Gasteiger partial charge in [-0.2, -0.15) is 4.98 Å². The van der Waals surface area contributed by atoms with Gasteiger partial charge in [-0.25, -0.2) is 4.98 Å². The van der Waals surface area contributed by atoms with Gasteiger partial charge in [0.15, 0.2) is 0 Å². The molecule has 0 amide bonds. The zero-order valence-electron chi connectivity index (χ0n) is 13.5. The van der Waals surface area contributed by atoms with Crippen molar-refractivity contribution in [2.75, 3.05) is 17.2 Å². The van der Waals surface area contributed by atoms with E-state index in [9.17, 15) is 0 Å². The highest BCUT2D eigenvalue weighted by atomic mass is 15.1. The van der Waals surface area contributed by atoms with E-state index in [-0.39, 0.29) is 6.04 Å². The largest absolute Gasteiger partial charge is 0.353 e. The Kier molecular flexibility index (Phi) is 5.72. The highest BCUT2D eigenvalue weighted by molar-refractivity contribution is 5.57. The van der Waals surface area contributed by atoms with Crippen LogP contribution in [0.25, 0.3) is 0 Å². The van der Waals surface area contributed by atoms with Crippen molar-refractivity contribution in [1.29, 1.82) is 0 Å². The first-order chi connectivity index (χ1) is 10.5. The third-order valence-corrected chi connectivity index (χ3v) is 3.24. The minimum absolute atomic E-state index is 0.108. The topological polar surface area (TPSA) is 75.9 Å². The second-order valence-electron chi connectivity index (χ2n) is 6.03. The Bertz CT molecular complexity index is 597. The second kappa shape index (κ2) is 7.75. The number of nitrogens with one attached hydrogen (secondary N) is 2. The Labute approximate surface area is 132 Å². The predicted molar refractivity (Wildman–Crippen MR) is 92.4 cm³/mol. The number of benzene rings is 1.